The molecular weight excluding hydrogens is 228 g/mol. The summed E-state index contributed by atoms with van der Waals surface area (Å²) in [5.41, 5.74) is 1.03. The Kier molecular flexibility index (Phi) is 3.14. The minimum absolute atomic E-state index is 0.0759. The molecule has 3 aliphatic heterocycles. The van der Waals surface area contributed by atoms with E-state index < -0.39 is 5.97 Å². The van der Waals surface area contributed by atoms with Crippen LogP contribution in [0.5, 0.6) is 0 Å². The largest absolute Gasteiger partial charge is 0.323 e. The van der Waals surface area contributed by atoms with Crippen LogP contribution in [0.1, 0.15) is 31.7 Å². The van der Waals surface area contributed by atoms with Crippen LogP contribution in [0.4, 0.5) is 0 Å². The van der Waals surface area contributed by atoms with Gasteiger partial charge in [0.25, 0.3) is 0 Å². The summed E-state index contributed by atoms with van der Waals surface area (Å²) < 4.78 is 17.7. The van der Waals surface area contributed by atoms with Crippen molar-refractivity contribution in [2.45, 2.75) is 32.2 Å². The Labute approximate surface area is 108 Å². The number of rotatable bonds is 4. The lowest BCUT2D eigenvalue weighted by Gasteiger charge is -2.52. The molecule has 0 N–H and O–H groups in total. The fourth-order valence-corrected chi connectivity index (χ4v) is 2.65. The van der Waals surface area contributed by atoms with E-state index in [0.29, 0.717) is 0 Å². The van der Waals surface area contributed by atoms with Gasteiger partial charge in [-0.15, -0.1) is 0 Å². The summed E-state index contributed by atoms with van der Waals surface area (Å²) in [5.74, 6) is -0.949. The van der Waals surface area contributed by atoms with Crippen molar-refractivity contribution in [1.82, 2.24) is 0 Å². The lowest BCUT2D eigenvalue weighted by molar-refractivity contribution is -0.480. The summed E-state index contributed by atoms with van der Waals surface area (Å²) in [6.07, 6.45) is 3.52. The highest BCUT2D eigenvalue weighted by molar-refractivity contribution is 5.19. The molecule has 0 aliphatic carbocycles. The van der Waals surface area contributed by atoms with Crippen LogP contribution in [0, 0.1) is 5.41 Å². The normalized spacial score (nSPS) is 34.7. The molecule has 18 heavy (non-hydrogen) atoms. The van der Waals surface area contributed by atoms with E-state index in [9.17, 15) is 0 Å². The highest BCUT2D eigenvalue weighted by Crippen LogP contribution is 2.46. The molecule has 3 fully saturated rings. The molecule has 0 radical (unpaired) electrons. The zero-order valence-corrected chi connectivity index (χ0v) is 10.9. The zero-order valence-electron chi connectivity index (χ0n) is 10.9. The fraction of sp³-hybridized carbons (Fsp3) is 0.600. The molecule has 0 amide bonds. The Balaban J connectivity index is 1.75. The Morgan fingerprint density at radius 3 is 2.17 bits per heavy atom. The molecule has 1 aromatic carbocycles. The summed E-state index contributed by atoms with van der Waals surface area (Å²) >= 11 is 0. The van der Waals surface area contributed by atoms with Crippen LogP contribution in [0.25, 0.3) is 0 Å². The molecule has 0 unspecified atom stereocenters. The van der Waals surface area contributed by atoms with Crippen LogP contribution in [-0.2, 0) is 20.2 Å². The van der Waals surface area contributed by atoms with Crippen molar-refractivity contribution < 1.29 is 14.2 Å². The zero-order chi connectivity index (χ0) is 12.5. The predicted octanol–water partition coefficient (Wildman–Crippen LogP) is 3.05. The number of benzene rings is 1. The van der Waals surface area contributed by atoms with Gasteiger partial charge in [-0.3, -0.25) is 0 Å². The Morgan fingerprint density at radius 2 is 1.61 bits per heavy atom. The van der Waals surface area contributed by atoms with E-state index >= 15 is 0 Å². The van der Waals surface area contributed by atoms with Gasteiger partial charge in [0.2, 0.25) is 0 Å². The van der Waals surface area contributed by atoms with Crippen molar-refractivity contribution in [1.29, 1.82) is 0 Å². The Hall–Kier alpha value is -0.900. The molecule has 2 bridgehead atoms. The van der Waals surface area contributed by atoms with Crippen LogP contribution in [0.3, 0.4) is 0 Å². The van der Waals surface area contributed by atoms with Crippen LogP contribution < -0.4 is 0 Å². The molecule has 4 rings (SSSR count). The molecule has 3 saturated heterocycles. The monoisotopic (exact) mass is 248 g/mol. The summed E-state index contributed by atoms with van der Waals surface area (Å²) in [4.78, 5) is 0. The van der Waals surface area contributed by atoms with E-state index in [4.69, 9.17) is 14.2 Å². The minimum Gasteiger partial charge on any atom is -0.323 e. The quantitative estimate of drug-likeness (QED) is 0.819. The van der Waals surface area contributed by atoms with Crippen molar-refractivity contribution in [2.24, 2.45) is 5.41 Å². The van der Waals surface area contributed by atoms with E-state index in [0.717, 1.165) is 31.8 Å². The predicted molar refractivity (Wildman–Crippen MR) is 67.9 cm³/mol. The summed E-state index contributed by atoms with van der Waals surface area (Å²) in [6.45, 7) is 4.42. The van der Waals surface area contributed by atoms with Crippen LogP contribution in [0.2, 0.25) is 0 Å². The average Bonchev–Trinajstić information content (AvgIpc) is 2.48. The van der Waals surface area contributed by atoms with E-state index in [1.54, 1.807) is 0 Å². The summed E-state index contributed by atoms with van der Waals surface area (Å²) in [6, 6.07) is 9.92. The maximum Gasteiger partial charge on any atom is 0.312 e. The van der Waals surface area contributed by atoms with E-state index in [1.807, 2.05) is 30.3 Å². The molecule has 3 heterocycles. The Bertz CT molecular complexity index is 377. The van der Waals surface area contributed by atoms with Gasteiger partial charge in [-0.2, -0.15) is 0 Å². The SMILES string of the molecule is CCCCC12COC(c3ccccc3)(OC1)OC2. The lowest BCUT2D eigenvalue weighted by Crippen LogP contribution is -2.58. The smallest absolute Gasteiger partial charge is 0.312 e. The molecule has 98 valence electrons. The molecule has 1 aromatic rings. The maximum absolute atomic E-state index is 5.91. The van der Waals surface area contributed by atoms with Gasteiger partial charge < -0.3 is 14.2 Å². The van der Waals surface area contributed by atoms with Gasteiger partial charge in [0.15, 0.2) is 0 Å². The van der Waals surface area contributed by atoms with E-state index in [2.05, 4.69) is 6.92 Å². The third-order valence-corrected chi connectivity index (χ3v) is 3.89. The highest BCUT2D eigenvalue weighted by atomic mass is 16.9. The van der Waals surface area contributed by atoms with Gasteiger partial charge in [0.05, 0.1) is 19.8 Å². The van der Waals surface area contributed by atoms with E-state index in [-0.39, 0.29) is 5.41 Å². The molecular formula is C15H20O3. The summed E-state index contributed by atoms with van der Waals surface area (Å²) in [7, 11) is 0. The van der Waals surface area contributed by atoms with Crippen LogP contribution >= 0.6 is 0 Å². The van der Waals surface area contributed by atoms with Crippen molar-refractivity contribution in [3.05, 3.63) is 35.9 Å². The van der Waals surface area contributed by atoms with Gasteiger partial charge in [-0.1, -0.05) is 50.1 Å². The van der Waals surface area contributed by atoms with Gasteiger partial charge in [0, 0.05) is 11.0 Å². The first-order chi connectivity index (χ1) is 8.79. The van der Waals surface area contributed by atoms with Crippen LogP contribution in [0.15, 0.2) is 30.3 Å². The first-order valence-corrected chi connectivity index (χ1v) is 6.76. The molecule has 3 aliphatic rings. The number of ether oxygens (including phenoxy) is 3. The average molecular weight is 248 g/mol. The second-order valence-electron chi connectivity index (χ2n) is 5.39. The third-order valence-electron chi connectivity index (χ3n) is 3.89. The second kappa shape index (κ2) is 4.65. The standard InChI is InChI=1S/C15H20O3/c1-2-3-9-14-10-16-15(17-11-14,18-12-14)13-7-5-4-6-8-13/h4-8H,2-3,9-12H2,1H3. The fourth-order valence-electron chi connectivity index (χ4n) is 2.65. The Morgan fingerprint density at radius 1 is 1.00 bits per heavy atom. The van der Waals surface area contributed by atoms with Gasteiger partial charge in [-0.05, 0) is 6.42 Å². The second-order valence-corrected chi connectivity index (χ2v) is 5.39. The number of fused-ring (bicyclic) bond motifs is 3. The molecule has 0 aromatic heterocycles. The van der Waals surface area contributed by atoms with Gasteiger partial charge >= 0.3 is 5.97 Å². The first-order valence-electron chi connectivity index (χ1n) is 6.76. The molecule has 3 heteroatoms. The topological polar surface area (TPSA) is 27.7 Å². The number of hydrogen-bond acceptors (Lipinski definition) is 3. The van der Waals surface area contributed by atoms with Gasteiger partial charge in [-0.25, -0.2) is 0 Å². The number of unbranched alkanes of at least 4 members (excludes halogenated alkanes) is 1. The summed E-state index contributed by atoms with van der Waals surface area (Å²) in [5, 5.41) is 0. The molecule has 0 atom stereocenters. The van der Waals surface area contributed by atoms with E-state index in [1.165, 1.54) is 12.8 Å². The molecule has 0 spiro atoms. The molecule has 0 saturated carbocycles. The van der Waals surface area contributed by atoms with Crippen molar-refractivity contribution in [3.8, 4) is 0 Å². The van der Waals surface area contributed by atoms with Crippen molar-refractivity contribution >= 4 is 0 Å². The van der Waals surface area contributed by atoms with Crippen LogP contribution in [-0.4, -0.2) is 19.8 Å². The lowest BCUT2D eigenvalue weighted by atomic mass is 9.83. The first kappa shape index (κ1) is 12.2. The van der Waals surface area contributed by atoms with Crippen molar-refractivity contribution in [3.63, 3.8) is 0 Å². The van der Waals surface area contributed by atoms with Crippen molar-refractivity contribution in [2.75, 3.05) is 19.8 Å². The minimum atomic E-state index is -0.949. The van der Waals surface area contributed by atoms with Gasteiger partial charge in [0.1, 0.15) is 0 Å². The number of hydrogen-bond donors (Lipinski definition) is 0. The molecule has 3 nitrogen and oxygen atoms in total. The third kappa shape index (κ3) is 1.96. The maximum atomic E-state index is 5.91. The highest BCUT2D eigenvalue weighted by Gasteiger charge is 2.53.